The maximum absolute atomic E-state index is 11.5. The first kappa shape index (κ1) is 17.1. The van der Waals surface area contributed by atoms with Crippen LogP contribution in [0.1, 0.15) is 20.3 Å². The third kappa shape index (κ3) is 4.38. The lowest BCUT2D eigenvalue weighted by Crippen LogP contribution is -2.16. The van der Waals surface area contributed by atoms with Crippen molar-refractivity contribution in [2.75, 3.05) is 18.2 Å². The fourth-order valence-electron chi connectivity index (χ4n) is 1.94. The molecule has 0 atom stereocenters. The van der Waals surface area contributed by atoms with Crippen molar-refractivity contribution in [1.29, 1.82) is 0 Å². The molecule has 23 heavy (non-hydrogen) atoms. The minimum atomic E-state index is -0.634. The molecule has 7 nitrogen and oxygen atoms in total. The highest BCUT2D eigenvalue weighted by Crippen LogP contribution is 2.26. The van der Waals surface area contributed by atoms with Crippen LogP contribution in [0.25, 0.3) is 11.0 Å². The van der Waals surface area contributed by atoms with E-state index in [4.69, 9.17) is 4.74 Å². The molecule has 2 aromatic rings. The van der Waals surface area contributed by atoms with E-state index in [-0.39, 0.29) is 12.7 Å². The number of benzene rings is 1. The Morgan fingerprint density at radius 1 is 1.39 bits per heavy atom. The molecule has 8 heteroatoms. The molecule has 1 N–H and O–H groups in total. The molecule has 0 fully saturated rings. The molecular weight excluding hydrogens is 318 g/mol. The van der Waals surface area contributed by atoms with Gasteiger partial charge in [0.05, 0.1) is 18.1 Å². The van der Waals surface area contributed by atoms with Gasteiger partial charge in [0.2, 0.25) is 5.95 Å². The van der Waals surface area contributed by atoms with Gasteiger partial charge in [0.15, 0.2) is 6.73 Å². The Kier molecular flexibility index (Phi) is 5.86. The third-order valence-corrected chi connectivity index (χ3v) is 4.19. The SMILES string of the molecule is CCCSc1ccc2c(c1)nc(NC(=O)OC)n2COC(C)=O. The molecule has 0 aliphatic carbocycles. The number of nitrogens with zero attached hydrogens (tertiary/aromatic N) is 2. The highest BCUT2D eigenvalue weighted by molar-refractivity contribution is 7.99. The van der Waals surface area contributed by atoms with Crippen molar-refractivity contribution in [3.63, 3.8) is 0 Å². The number of hydrogen-bond acceptors (Lipinski definition) is 6. The van der Waals surface area contributed by atoms with Gasteiger partial charge in [-0.05, 0) is 30.4 Å². The van der Waals surface area contributed by atoms with Gasteiger partial charge in [0, 0.05) is 11.8 Å². The van der Waals surface area contributed by atoms with Gasteiger partial charge < -0.3 is 9.47 Å². The fourth-order valence-corrected chi connectivity index (χ4v) is 2.74. The number of anilines is 1. The Bertz CT molecular complexity index is 714. The average Bonchev–Trinajstić information content (AvgIpc) is 2.86. The number of amides is 1. The van der Waals surface area contributed by atoms with Crippen LogP contribution in [0.15, 0.2) is 23.1 Å². The molecule has 124 valence electrons. The largest absolute Gasteiger partial charge is 0.453 e. The van der Waals surface area contributed by atoms with Gasteiger partial charge in [-0.2, -0.15) is 0 Å². The van der Waals surface area contributed by atoms with E-state index in [0.717, 1.165) is 22.6 Å². The van der Waals surface area contributed by atoms with E-state index in [1.807, 2.05) is 18.2 Å². The molecule has 0 bridgehead atoms. The molecule has 0 unspecified atom stereocenters. The zero-order chi connectivity index (χ0) is 16.8. The molecule has 0 spiro atoms. The number of nitrogens with one attached hydrogen (secondary N) is 1. The molecule has 0 saturated heterocycles. The van der Waals surface area contributed by atoms with Crippen molar-refractivity contribution < 1.29 is 19.1 Å². The lowest BCUT2D eigenvalue weighted by molar-refractivity contribution is -0.144. The van der Waals surface area contributed by atoms with E-state index in [1.165, 1.54) is 14.0 Å². The van der Waals surface area contributed by atoms with Gasteiger partial charge in [0.25, 0.3) is 0 Å². The maximum Gasteiger partial charge on any atom is 0.413 e. The van der Waals surface area contributed by atoms with E-state index in [0.29, 0.717) is 5.52 Å². The van der Waals surface area contributed by atoms with Gasteiger partial charge in [0.1, 0.15) is 0 Å². The smallest absolute Gasteiger partial charge is 0.413 e. The number of imidazole rings is 1. The van der Waals surface area contributed by atoms with E-state index < -0.39 is 12.1 Å². The first-order valence-electron chi connectivity index (χ1n) is 7.16. The molecular formula is C15H19N3O4S. The predicted molar refractivity (Wildman–Crippen MR) is 88.5 cm³/mol. The number of carbonyl (C=O) groups excluding carboxylic acids is 2. The van der Waals surface area contributed by atoms with Crippen LogP contribution >= 0.6 is 11.8 Å². The monoisotopic (exact) mass is 337 g/mol. The van der Waals surface area contributed by atoms with Crippen LogP contribution in [0.4, 0.5) is 10.7 Å². The van der Waals surface area contributed by atoms with Crippen LogP contribution in [0.3, 0.4) is 0 Å². The van der Waals surface area contributed by atoms with E-state index in [9.17, 15) is 9.59 Å². The summed E-state index contributed by atoms with van der Waals surface area (Å²) in [6.45, 7) is 3.41. The predicted octanol–water partition coefficient (Wildman–Crippen LogP) is 3.24. The number of methoxy groups -OCH3 is 1. The molecule has 1 aromatic heterocycles. The van der Waals surface area contributed by atoms with Gasteiger partial charge in [-0.15, -0.1) is 11.8 Å². The number of ether oxygens (including phenoxy) is 2. The molecule has 1 amide bonds. The van der Waals surface area contributed by atoms with Gasteiger partial charge in [-0.25, -0.2) is 9.78 Å². The molecule has 0 aliphatic heterocycles. The zero-order valence-corrected chi connectivity index (χ0v) is 14.1. The quantitative estimate of drug-likeness (QED) is 0.644. The first-order chi connectivity index (χ1) is 11.0. The lowest BCUT2D eigenvalue weighted by atomic mass is 10.3. The first-order valence-corrected chi connectivity index (χ1v) is 8.15. The van der Waals surface area contributed by atoms with Crippen LogP contribution in [0.5, 0.6) is 0 Å². The molecule has 1 heterocycles. The summed E-state index contributed by atoms with van der Waals surface area (Å²) in [6.07, 6.45) is 0.448. The summed E-state index contributed by atoms with van der Waals surface area (Å²) in [6, 6.07) is 5.82. The summed E-state index contributed by atoms with van der Waals surface area (Å²) in [5.74, 6) is 0.879. The van der Waals surface area contributed by atoms with Gasteiger partial charge in [-0.1, -0.05) is 6.92 Å². The van der Waals surface area contributed by atoms with Gasteiger partial charge >= 0.3 is 12.1 Å². The van der Waals surface area contributed by atoms with Crippen molar-refractivity contribution >= 4 is 40.8 Å². The minimum absolute atomic E-state index is 0.0351. The number of fused-ring (bicyclic) bond motifs is 1. The fraction of sp³-hybridized carbons (Fsp3) is 0.400. The highest BCUT2D eigenvalue weighted by atomic mass is 32.2. The number of hydrogen-bond donors (Lipinski definition) is 1. The van der Waals surface area contributed by atoms with Crippen molar-refractivity contribution in [1.82, 2.24) is 9.55 Å². The molecule has 2 rings (SSSR count). The number of aromatic nitrogens is 2. The standard InChI is InChI=1S/C15H19N3O4S/c1-4-7-23-11-5-6-13-12(8-11)16-14(17-15(20)21-3)18(13)9-22-10(2)19/h5-6,8H,4,7,9H2,1-3H3,(H,16,17,20). The summed E-state index contributed by atoms with van der Waals surface area (Å²) in [5, 5.41) is 2.53. The maximum atomic E-state index is 11.5. The second-order valence-electron chi connectivity index (χ2n) is 4.74. The summed E-state index contributed by atoms with van der Waals surface area (Å²) in [4.78, 5) is 28.0. The van der Waals surface area contributed by atoms with Crippen LogP contribution in [0.2, 0.25) is 0 Å². The number of carbonyl (C=O) groups is 2. The van der Waals surface area contributed by atoms with Crippen molar-refractivity contribution in [2.45, 2.75) is 31.9 Å². The van der Waals surface area contributed by atoms with Crippen molar-refractivity contribution in [3.05, 3.63) is 18.2 Å². The van der Waals surface area contributed by atoms with E-state index in [2.05, 4.69) is 22.0 Å². The van der Waals surface area contributed by atoms with E-state index in [1.54, 1.807) is 16.3 Å². The average molecular weight is 337 g/mol. The second kappa shape index (κ2) is 7.87. The Hall–Kier alpha value is -2.22. The Morgan fingerprint density at radius 3 is 2.83 bits per heavy atom. The van der Waals surface area contributed by atoms with Crippen molar-refractivity contribution in [2.24, 2.45) is 0 Å². The molecule has 0 saturated carbocycles. The minimum Gasteiger partial charge on any atom is -0.453 e. The van der Waals surface area contributed by atoms with Gasteiger partial charge in [-0.3, -0.25) is 14.7 Å². The highest BCUT2D eigenvalue weighted by Gasteiger charge is 2.15. The number of esters is 1. The normalized spacial score (nSPS) is 10.6. The Morgan fingerprint density at radius 2 is 2.17 bits per heavy atom. The summed E-state index contributed by atoms with van der Waals surface area (Å²) < 4.78 is 11.2. The van der Waals surface area contributed by atoms with Crippen LogP contribution < -0.4 is 5.32 Å². The number of rotatable bonds is 6. The number of thioether (sulfide) groups is 1. The van der Waals surface area contributed by atoms with Crippen molar-refractivity contribution in [3.8, 4) is 0 Å². The molecule has 0 aliphatic rings. The Labute approximate surface area is 138 Å². The summed E-state index contributed by atoms with van der Waals surface area (Å²) in [7, 11) is 1.27. The zero-order valence-electron chi connectivity index (χ0n) is 13.3. The topological polar surface area (TPSA) is 82.4 Å². The molecule has 0 radical (unpaired) electrons. The Balaban J connectivity index is 2.37. The second-order valence-corrected chi connectivity index (χ2v) is 5.91. The summed E-state index contributed by atoms with van der Waals surface area (Å²) in [5.41, 5.74) is 1.48. The van der Waals surface area contributed by atoms with Crippen LogP contribution in [0, 0.1) is 0 Å². The van der Waals surface area contributed by atoms with E-state index >= 15 is 0 Å². The van der Waals surface area contributed by atoms with Crippen LogP contribution in [-0.2, 0) is 21.0 Å². The lowest BCUT2D eigenvalue weighted by Gasteiger charge is -2.09. The third-order valence-electron chi connectivity index (χ3n) is 2.99. The molecule has 1 aromatic carbocycles. The summed E-state index contributed by atoms with van der Waals surface area (Å²) >= 11 is 1.74. The van der Waals surface area contributed by atoms with Crippen LogP contribution in [-0.4, -0.2) is 34.5 Å².